The normalized spacial score (nSPS) is 12.2. The number of aliphatic hydroxyl groups is 1. The molecule has 0 amide bonds. The highest BCUT2D eigenvalue weighted by atomic mass is 16.5. The van der Waals surface area contributed by atoms with Crippen molar-refractivity contribution in [2.24, 2.45) is 0 Å². The molecule has 0 aliphatic carbocycles. The molecule has 0 saturated heterocycles. The van der Waals surface area contributed by atoms with Crippen LogP contribution >= 0.6 is 0 Å². The van der Waals surface area contributed by atoms with Crippen LogP contribution in [0.5, 0.6) is 5.88 Å². The molecule has 0 aliphatic rings. The maximum atomic E-state index is 9.05. The van der Waals surface area contributed by atoms with Crippen molar-refractivity contribution in [2.75, 3.05) is 32.1 Å². The maximum Gasteiger partial charge on any atom is 0.218 e. The Kier molecular flexibility index (Phi) is 5.65. The summed E-state index contributed by atoms with van der Waals surface area (Å²) in [6, 6.07) is 1.75. The van der Waals surface area contributed by atoms with E-state index in [0.717, 1.165) is 18.9 Å². The maximum absolute atomic E-state index is 9.05. The molecular weight excluding hydrogens is 220 g/mol. The summed E-state index contributed by atoms with van der Waals surface area (Å²) < 4.78 is 5.05. The zero-order chi connectivity index (χ0) is 12.7. The third-order valence-corrected chi connectivity index (χ3v) is 2.07. The number of aliphatic hydroxyl groups excluding tert-OH is 1. The first-order valence-electron chi connectivity index (χ1n) is 5.64. The van der Waals surface area contributed by atoms with Gasteiger partial charge in [0.05, 0.1) is 13.2 Å². The number of ether oxygens (including phenoxy) is 1. The Morgan fingerprint density at radius 2 is 2.18 bits per heavy atom. The molecule has 0 bridgehead atoms. The number of hydrogen-bond donors (Lipinski definition) is 3. The summed E-state index contributed by atoms with van der Waals surface area (Å²) in [4.78, 5) is 8.33. The molecule has 6 heteroatoms. The third kappa shape index (κ3) is 5.46. The Balaban J connectivity index is 2.33. The van der Waals surface area contributed by atoms with E-state index in [4.69, 9.17) is 9.84 Å². The van der Waals surface area contributed by atoms with E-state index in [9.17, 15) is 0 Å². The Labute approximate surface area is 101 Å². The number of rotatable bonds is 7. The average molecular weight is 240 g/mol. The van der Waals surface area contributed by atoms with Gasteiger partial charge in [-0.1, -0.05) is 0 Å². The molecule has 0 aliphatic heterocycles. The van der Waals surface area contributed by atoms with Gasteiger partial charge in [0.15, 0.2) is 0 Å². The standard InChI is InChI=1S/C11H20N4O2/c1-8(16)7-12-4-5-13-10-6-11(17-3)15-9(2)14-10/h6,8,12,16H,4-5,7H2,1-3H3,(H,13,14,15). The first-order valence-corrected chi connectivity index (χ1v) is 5.64. The number of methoxy groups -OCH3 is 1. The molecule has 1 unspecified atom stereocenters. The van der Waals surface area contributed by atoms with E-state index >= 15 is 0 Å². The fourth-order valence-corrected chi connectivity index (χ4v) is 1.33. The van der Waals surface area contributed by atoms with Crippen molar-refractivity contribution in [3.05, 3.63) is 11.9 Å². The highest BCUT2D eigenvalue weighted by molar-refractivity contribution is 5.38. The highest BCUT2D eigenvalue weighted by Gasteiger charge is 2.01. The van der Waals surface area contributed by atoms with Crippen molar-refractivity contribution < 1.29 is 9.84 Å². The Morgan fingerprint density at radius 3 is 2.82 bits per heavy atom. The van der Waals surface area contributed by atoms with E-state index in [1.807, 2.05) is 6.92 Å². The lowest BCUT2D eigenvalue weighted by Gasteiger charge is -2.09. The Hall–Kier alpha value is -1.40. The summed E-state index contributed by atoms with van der Waals surface area (Å²) in [5, 5.41) is 15.3. The predicted octanol–water partition coefficient (Wildman–Crippen LogP) is 0.176. The topological polar surface area (TPSA) is 79.3 Å². The monoisotopic (exact) mass is 240 g/mol. The minimum absolute atomic E-state index is 0.323. The summed E-state index contributed by atoms with van der Waals surface area (Å²) in [7, 11) is 1.58. The molecule has 0 spiro atoms. The first kappa shape index (κ1) is 13.7. The number of aromatic nitrogens is 2. The van der Waals surface area contributed by atoms with Gasteiger partial charge >= 0.3 is 0 Å². The van der Waals surface area contributed by atoms with Crippen molar-refractivity contribution in [3.63, 3.8) is 0 Å². The third-order valence-electron chi connectivity index (χ3n) is 2.07. The molecule has 1 aromatic heterocycles. The van der Waals surface area contributed by atoms with Crippen molar-refractivity contribution in [2.45, 2.75) is 20.0 Å². The lowest BCUT2D eigenvalue weighted by Crippen LogP contribution is -2.29. The second-order valence-corrected chi connectivity index (χ2v) is 3.82. The number of nitrogens with one attached hydrogen (secondary N) is 2. The molecule has 1 rings (SSSR count). The molecule has 3 N–H and O–H groups in total. The van der Waals surface area contributed by atoms with Gasteiger partial charge in [0.25, 0.3) is 0 Å². The molecule has 6 nitrogen and oxygen atoms in total. The lowest BCUT2D eigenvalue weighted by atomic mass is 10.4. The Morgan fingerprint density at radius 1 is 1.41 bits per heavy atom. The van der Waals surface area contributed by atoms with Crippen LogP contribution in [0.1, 0.15) is 12.7 Å². The molecular formula is C11H20N4O2. The molecule has 1 aromatic rings. The zero-order valence-electron chi connectivity index (χ0n) is 10.5. The van der Waals surface area contributed by atoms with Crippen LogP contribution in [0.15, 0.2) is 6.07 Å². The van der Waals surface area contributed by atoms with Crippen LogP contribution in [0.3, 0.4) is 0 Å². The van der Waals surface area contributed by atoms with Crippen LogP contribution in [0, 0.1) is 6.92 Å². The van der Waals surface area contributed by atoms with Gasteiger partial charge in [-0.3, -0.25) is 0 Å². The molecule has 0 fully saturated rings. The van der Waals surface area contributed by atoms with E-state index in [-0.39, 0.29) is 6.10 Å². The SMILES string of the molecule is COc1cc(NCCNCC(C)O)nc(C)n1. The number of aryl methyl sites for hydroxylation is 1. The molecule has 17 heavy (non-hydrogen) atoms. The van der Waals surface area contributed by atoms with Gasteiger partial charge in [0, 0.05) is 25.7 Å². The second kappa shape index (κ2) is 7.03. The summed E-state index contributed by atoms with van der Waals surface area (Å²) in [5.74, 6) is 1.97. The highest BCUT2D eigenvalue weighted by Crippen LogP contribution is 2.11. The van der Waals surface area contributed by atoms with E-state index < -0.39 is 0 Å². The van der Waals surface area contributed by atoms with Crippen LogP contribution in [0.2, 0.25) is 0 Å². The predicted molar refractivity (Wildman–Crippen MR) is 66.4 cm³/mol. The summed E-state index contributed by atoms with van der Waals surface area (Å²) >= 11 is 0. The quantitative estimate of drug-likeness (QED) is 0.590. The average Bonchev–Trinajstić information content (AvgIpc) is 2.27. The van der Waals surface area contributed by atoms with Gasteiger partial charge in [-0.25, -0.2) is 4.98 Å². The minimum Gasteiger partial charge on any atom is -0.481 e. The first-order chi connectivity index (χ1) is 8.11. The fourth-order valence-electron chi connectivity index (χ4n) is 1.33. The summed E-state index contributed by atoms with van der Waals surface area (Å²) in [5.41, 5.74) is 0. The lowest BCUT2D eigenvalue weighted by molar-refractivity contribution is 0.192. The van der Waals surface area contributed by atoms with Crippen LogP contribution in [0.25, 0.3) is 0 Å². The summed E-state index contributed by atoms with van der Waals surface area (Å²) in [6.07, 6.45) is -0.323. The minimum atomic E-state index is -0.323. The van der Waals surface area contributed by atoms with Crippen molar-refractivity contribution >= 4 is 5.82 Å². The van der Waals surface area contributed by atoms with Gasteiger partial charge in [-0.2, -0.15) is 4.98 Å². The van der Waals surface area contributed by atoms with Gasteiger partial charge in [0.1, 0.15) is 11.6 Å². The van der Waals surface area contributed by atoms with Crippen LogP contribution < -0.4 is 15.4 Å². The van der Waals surface area contributed by atoms with E-state index in [0.29, 0.717) is 18.2 Å². The van der Waals surface area contributed by atoms with Crippen LogP contribution in [-0.4, -0.2) is 47.9 Å². The van der Waals surface area contributed by atoms with Gasteiger partial charge < -0.3 is 20.5 Å². The van der Waals surface area contributed by atoms with E-state index in [1.54, 1.807) is 20.1 Å². The van der Waals surface area contributed by atoms with Crippen molar-refractivity contribution in [3.8, 4) is 5.88 Å². The molecule has 0 radical (unpaired) electrons. The van der Waals surface area contributed by atoms with E-state index in [1.165, 1.54) is 0 Å². The van der Waals surface area contributed by atoms with Gasteiger partial charge in [0.2, 0.25) is 5.88 Å². The largest absolute Gasteiger partial charge is 0.481 e. The molecule has 1 heterocycles. The molecule has 0 saturated carbocycles. The Bertz CT molecular complexity index is 344. The van der Waals surface area contributed by atoms with Crippen molar-refractivity contribution in [1.29, 1.82) is 0 Å². The fraction of sp³-hybridized carbons (Fsp3) is 0.636. The number of hydrogen-bond acceptors (Lipinski definition) is 6. The zero-order valence-corrected chi connectivity index (χ0v) is 10.5. The van der Waals surface area contributed by atoms with Gasteiger partial charge in [-0.15, -0.1) is 0 Å². The summed E-state index contributed by atoms with van der Waals surface area (Å²) in [6.45, 7) is 5.65. The van der Waals surface area contributed by atoms with Gasteiger partial charge in [-0.05, 0) is 13.8 Å². The number of anilines is 1. The smallest absolute Gasteiger partial charge is 0.218 e. The van der Waals surface area contributed by atoms with Crippen LogP contribution in [-0.2, 0) is 0 Å². The number of nitrogens with zero attached hydrogens (tertiary/aromatic N) is 2. The molecule has 96 valence electrons. The second-order valence-electron chi connectivity index (χ2n) is 3.82. The van der Waals surface area contributed by atoms with E-state index in [2.05, 4.69) is 20.6 Å². The van der Waals surface area contributed by atoms with Crippen LogP contribution in [0.4, 0.5) is 5.82 Å². The van der Waals surface area contributed by atoms with Crippen molar-refractivity contribution in [1.82, 2.24) is 15.3 Å². The molecule has 1 atom stereocenters. The molecule has 0 aromatic carbocycles.